The number of carbonyl (C=O) groups excluding carboxylic acids is 1. The molecule has 166 valence electrons. The van der Waals surface area contributed by atoms with Crippen LogP contribution in [0.5, 0.6) is 5.75 Å². The van der Waals surface area contributed by atoms with E-state index in [4.69, 9.17) is 4.74 Å². The Morgan fingerprint density at radius 3 is 2.68 bits per heavy atom. The van der Waals surface area contributed by atoms with E-state index in [1.807, 2.05) is 35.2 Å². The van der Waals surface area contributed by atoms with Gasteiger partial charge in [0.15, 0.2) is 5.96 Å². The van der Waals surface area contributed by atoms with Gasteiger partial charge in [-0.15, -0.1) is 24.0 Å². The summed E-state index contributed by atoms with van der Waals surface area (Å²) in [5.41, 5.74) is 3.62. The van der Waals surface area contributed by atoms with Crippen molar-refractivity contribution < 1.29 is 9.53 Å². The fraction of sp³-hybridized carbons (Fsp3) is 0.417. The Morgan fingerprint density at radius 2 is 1.94 bits per heavy atom. The lowest BCUT2D eigenvalue weighted by Gasteiger charge is -2.30. The summed E-state index contributed by atoms with van der Waals surface area (Å²) in [7, 11) is 3.47. The van der Waals surface area contributed by atoms with Gasteiger partial charge in [-0.2, -0.15) is 0 Å². The van der Waals surface area contributed by atoms with Crippen LogP contribution in [0, 0.1) is 0 Å². The fourth-order valence-electron chi connectivity index (χ4n) is 4.48. The summed E-state index contributed by atoms with van der Waals surface area (Å²) in [4.78, 5) is 21.5. The number of fused-ring (bicyclic) bond motifs is 1. The average molecular weight is 534 g/mol. The number of likely N-dealkylation sites (tertiary alicyclic amines) is 1. The number of hydrogen-bond acceptors (Lipinski definition) is 3. The summed E-state index contributed by atoms with van der Waals surface area (Å²) in [6.45, 7) is 2.86. The largest absolute Gasteiger partial charge is 0.497 e. The lowest BCUT2D eigenvalue weighted by molar-refractivity contribution is -0.117. The number of amides is 1. The summed E-state index contributed by atoms with van der Waals surface area (Å²) in [5, 5.41) is 3.29. The van der Waals surface area contributed by atoms with Crippen LogP contribution in [0.2, 0.25) is 0 Å². The topological polar surface area (TPSA) is 57.2 Å². The van der Waals surface area contributed by atoms with E-state index in [0.717, 1.165) is 56.3 Å². The molecule has 2 aliphatic rings. The third kappa shape index (κ3) is 5.31. The maximum atomic E-state index is 12.9. The maximum absolute atomic E-state index is 12.9. The minimum Gasteiger partial charge on any atom is -0.497 e. The zero-order valence-corrected chi connectivity index (χ0v) is 20.5. The first kappa shape index (κ1) is 23.4. The Morgan fingerprint density at radius 1 is 1.16 bits per heavy atom. The number of methoxy groups -OCH3 is 1. The quantitative estimate of drug-likeness (QED) is 0.370. The lowest BCUT2D eigenvalue weighted by atomic mass is 9.98. The smallest absolute Gasteiger partial charge is 0.246 e. The second kappa shape index (κ2) is 10.8. The Kier molecular flexibility index (Phi) is 8.17. The second-order valence-corrected chi connectivity index (χ2v) is 7.88. The highest BCUT2D eigenvalue weighted by Crippen LogP contribution is 2.29. The Bertz CT molecular complexity index is 916. The number of anilines is 1. The van der Waals surface area contributed by atoms with Crippen molar-refractivity contribution in [2.24, 2.45) is 4.99 Å². The molecule has 2 aromatic rings. The van der Waals surface area contributed by atoms with Gasteiger partial charge in [-0.05, 0) is 48.6 Å². The number of aryl methyl sites for hydroxylation is 1. The highest BCUT2D eigenvalue weighted by atomic mass is 127. The maximum Gasteiger partial charge on any atom is 0.246 e. The molecule has 0 spiro atoms. The number of benzene rings is 2. The molecule has 0 aliphatic carbocycles. The predicted molar refractivity (Wildman–Crippen MR) is 136 cm³/mol. The summed E-state index contributed by atoms with van der Waals surface area (Å²) in [6, 6.07) is 16.5. The van der Waals surface area contributed by atoms with Crippen LogP contribution in [-0.2, 0) is 11.2 Å². The van der Waals surface area contributed by atoms with Crippen LogP contribution < -0.4 is 15.0 Å². The molecule has 0 bridgehead atoms. The number of halogens is 1. The third-order valence-corrected chi connectivity index (χ3v) is 6.10. The molecular formula is C24H31IN4O2. The summed E-state index contributed by atoms with van der Waals surface area (Å²) in [6.07, 6.45) is 3.11. The molecule has 2 aromatic carbocycles. The Balaban J connectivity index is 0.00000272. The molecule has 2 heterocycles. The zero-order valence-electron chi connectivity index (χ0n) is 18.2. The number of hydrogen-bond donors (Lipinski definition) is 1. The minimum absolute atomic E-state index is 0. The molecule has 0 radical (unpaired) electrons. The summed E-state index contributed by atoms with van der Waals surface area (Å²) >= 11 is 0. The van der Waals surface area contributed by atoms with Crippen molar-refractivity contribution in [3.63, 3.8) is 0 Å². The van der Waals surface area contributed by atoms with Crippen molar-refractivity contribution in [2.75, 3.05) is 45.2 Å². The van der Waals surface area contributed by atoms with Crippen LogP contribution in [0.1, 0.15) is 29.9 Å². The molecule has 0 aromatic heterocycles. The van der Waals surface area contributed by atoms with Crippen molar-refractivity contribution in [3.8, 4) is 5.75 Å². The molecule has 1 fully saturated rings. The van der Waals surface area contributed by atoms with E-state index in [1.165, 1.54) is 11.1 Å². The molecule has 1 atom stereocenters. The zero-order chi connectivity index (χ0) is 20.9. The molecule has 0 saturated carbocycles. The number of carbonyl (C=O) groups is 1. The number of aliphatic imine (C=N–C) groups is 1. The van der Waals surface area contributed by atoms with Crippen LogP contribution in [-0.4, -0.2) is 57.1 Å². The van der Waals surface area contributed by atoms with Gasteiger partial charge >= 0.3 is 0 Å². The first-order chi connectivity index (χ1) is 14.7. The van der Waals surface area contributed by atoms with Crippen LogP contribution in [0.3, 0.4) is 0 Å². The summed E-state index contributed by atoms with van der Waals surface area (Å²) < 4.78 is 5.26. The van der Waals surface area contributed by atoms with Crippen LogP contribution in [0.4, 0.5) is 5.69 Å². The Hall–Kier alpha value is -2.29. The van der Waals surface area contributed by atoms with Gasteiger partial charge in [-0.25, -0.2) is 0 Å². The molecular weight excluding hydrogens is 503 g/mol. The number of nitrogens with zero attached hydrogens (tertiary/aromatic N) is 3. The predicted octanol–water partition coefficient (Wildman–Crippen LogP) is 3.66. The van der Waals surface area contributed by atoms with Crippen LogP contribution in [0.15, 0.2) is 53.5 Å². The van der Waals surface area contributed by atoms with Crippen molar-refractivity contribution in [2.45, 2.75) is 25.2 Å². The van der Waals surface area contributed by atoms with E-state index in [1.54, 1.807) is 14.2 Å². The standard InChI is InChI=1S/C24H30N4O2.HI/c1-25-24(27-15-13-20(17-27)18-9-11-21(30-2)12-10-18)26-16-23(29)28-14-5-7-19-6-3-4-8-22(19)28;/h3-4,6,8-12,20H,5,7,13-17H2,1-2H3,(H,25,26);1H. The molecule has 1 N–H and O–H groups in total. The molecule has 1 amide bonds. The normalized spacial score (nSPS) is 18.3. The van der Waals surface area contributed by atoms with Gasteiger partial charge in [-0.1, -0.05) is 30.3 Å². The molecule has 4 rings (SSSR count). The number of guanidine groups is 1. The number of nitrogens with one attached hydrogen (secondary N) is 1. The number of rotatable bonds is 4. The lowest BCUT2D eigenvalue weighted by Crippen LogP contribution is -2.47. The van der Waals surface area contributed by atoms with Crippen LogP contribution in [0.25, 0.3) is 0 Å². The van der Waals surface area contributed by atoms with Crippen molar-refractivity contribution in [1.82, 2.24) is 10.2 Å². The average Bonchev–Trinajstić information content (AvgIpc) is 3.29. The van der Waals surface area contributed by atoms with Gasteiger partial charge in [0.2, 0.25) is 5.91 Å². The Labute approximate surface area is 201 Å². The first-order valence-corrected chi connectivity index (χ1v) is 10.7. The van der Waals surface area contributed by atoms with Crippen molar-refractivity contribution >= 4 is 41.5 Å². The van der Waals surface area contributed by atoms with Gasteiger partial charge < -0.3 is 19.9 Å². The van der Waals surface area contributed by atoms with Gasteiger partial charge in [0.05, 0.1) is 13.7 Å². The minimum atomic E-state index is 0. The fourth-order valence-corrected chi connectivity index (χ4v) is 4.48. The van der Waals surface area contributed by atoms with Gasteiger partial charge in [0.1, 0.15) is 5.75 Å². The highest BCUT2D eigenvalue weighted by Gasteiger charge is 2.27. The molecule has 7 heteroatoms. The molecule has 1 saturated heterocycles. The van der Waals surface area contributed by atoms with E-state index < -0.39 is 0 Å². The van der Waals surface area contributed by atoms with Crippen molar-refractivity contribution in [3.05, 3.63) is 59.7 Å². The van der Waals surface area contributed by atoms with Crippen LogP contribution >= 0.6 is 24.0 Å². The number of para-hydroxylation sites is 1. The van der Waals surface area contributed by atoms with Gasteiger partial charge in [-0.3, -0.25) is 9.79 Å². The SMILES string of the molecule is CN=C(NCC(=O)N1CCCc2ccccc21)N1CCC(c2ccc(OC)cc2)C1.I. The van der Waals surface area contributed by atoms with Gasteiger partial charge in [0.25, 0.3) is 0 Å². The first-order valence-electron chi connectivity index (χ1n) is 10.7. The molecule has 31 heavy (non-hydrogen) atoms. The van der Waals surface area contributed by atoms with E-state index >= 15 is 0 Å². The molecule has 6 nitrogen and oxygen atoms in total. The number of ether oxygens (including phenoxy) is 1. The molecule has 1 unspecified atom stereocenters. The van der Waals surface area contributed by atoms with Gasteiger partial charge in [0, 0.05) is 38.3 Å². The van der Waals surface area contributed by atoms with E-state index in [9.17, 15) is 4.79 Å². The van der Waals surface area contributed by atoms with E-state index in [2.05, 4.69) is 33.4 Å². The monoisotopic (exact) mass is 534 g/mol. The van der Waals surface area contributed by atoms with E-state index in [-0.39, 0.29) is 36.4 Å². The van der Waals surface area contributed by atoms with E-state index in [0.29, 0.717) is 5.92 Å². The highest BCUT2D eigenvalue weighted by molar-refractivity contribution is 14.0. The second-order valence-electron chi connectivity index (χ2n) is 7.88. The van der Waals surface area contributed by atoms with Crippen molar-refractivity contribution in [1.29, 1.82) is 0 Å². The summed E-state index contributed by atoms with van der Waals surface area (Å²) in [5.74, 6) is 2.22. The third-order valence-electron chi connectivity index (χ3n) is 6.10. The molecule has 2 aliphatic heterocycles.